The van der Waals surface area contributed by atoms with E-state index in [4.69, 9.17) is 0 Å². The second kappa shape index (κ2) is 8.42. The standard InChI is InChI=1S/C18H17F3N2O4S/c1-28(26,27)15-4-2-3-13(11-15)17(25)23-10-9-22-16(24)12-5-7-14(8-6-12)18(19,20)21/h2-8,11H,9-10H2,1H3,(H,22,24)(H,23,25). The Morgan fingerprint density at radius 3 is 1.93 bits per heavy atom. The van der Waals surface area contributed by atoms with Gasteiger partial charge in [0, 0.05) is 30.5 Å². The van der Waals surface area contributed by atoms with Crippen LogP contribution < -0.4 is 10.6 Å². The number of amides is 2. The maximum Gasteiger partial charge on any atom is 0.416 e. The molecule has 0 radical (unpaired) electrons. The van der Waals surface area contributed by atoms with Crippen LogP contribution in [0.15, 0.2) is 53.4 Å². The topological polar surface area (TPSA) is 92.3 Å². The molecule has 2 rings (SSSR count). The largest absolute Gasteiger partial charge is 0.416 e. The molecule has 0 unspecified atom stereocenters. The fourth-order valence-electron chi connectivity index (χ4n) is 2.23. The number of alkyl halides is 3. The SMILES string of the molecule is CS(=O)(=O)c1cccc(C(=O)NCCNC(=O)c2ccc(C(F)(F)F)cc2)c1. The van der Waals surface area contributed by atoms with E-state index in [1.807, 2.05) is 0 Å². The summed E-state index contributed by atoms with van der Waals surface area (Å²) in [5.74, 6) is -1.10. The minimum atomic E-state index is -4.48. The molecule has 0 bridgehead atoms. The van der Waals surface area contributed by atoms with Crippen LogP contribution in [0.1, 0.15) is 26.3 Å². The summed E-state index contributed by atoms with van der Waals surface area (Å²) in [6.07, 6.45) is -3.45. The second-order valence-corrected chi connectivity index (χ2v) is 7.90. The molecule has 2 amide bonds. The molecule has 0 fully saturated rings. The van der Waals surface area contributed by atoms with Crippen molar-refractivity contribution in [1.29, 1.82) is 0 Å². The van der Waals surface area contributed by atoms with Crippen molar-refractivity contribution < 1.29 is 31.2 Å². The van der Waals surface area contributed by atoms with Gasteiger partial charge < -0.3 is 10.6 Å². The van der Waals surface area contributed by atoms with E-state index in [1.165, 1.54) is 24.3 Å². The number of carbonyl (C=O) groups is 2. The number of benzene rings is 2. The van der Waals surface area contributed by atoms with Crippen molar-refractivity contribution in [3.05, 3.63) is 65.2 Å². The lowest BCUT2D eigenvalue weighted by Gasteiger charge is -2.09. The van der Waals surface area contributed by atoms with Crippen molar-refractivity contribution in [2.75, 3.05) is 19.3 Å². The highest BCUT2D eigenvalue weighted by molar-refractivity contribution is 7.90. The van der Waals surface area contributed by atoms with E-state index in [0.29, 0.717) is 0 Å². The normalized spacial score (nSPS) is 11.7. The summed E-state index contributed by atoms with van der Waals surface area (Å²) in [4.78, 5) is 24.0. The van der Waals surface area contributed by atoms with Crippen molar-refractivity contribution in [1.82, 2.24) is 10.6 Å². The van der Waals surface area contributed by atoms with Crippen molar-refractivity contribution in [3.63, 3.8) is 0 Å². The first-order valence-corrected chi connectivity index (χ1v) is 9.91. The molecule has 28 heavy (non-hydrogen) atoms. The van der Waals surface area contributed by atoms with Crippen LogP contribution in [0.4, 0.5) is 13.2 Å². The minimum absolute atomic E-state index is 0.00996. The van der Waals surface area contributed by atoms with Gasteiger partial charge in [0.1, 0.15) is 0 Å². The Morgan fingerprint density at radius 2 is 1.43 bits per heavy atom. The summed E-state index contributed by atoms with van der Waals surface area (Å²) in [5, 5.41) is 4.99. The molecule has 0 aliphatic carbocycles. The van der Waals surface area contributed by atoms with Gasteiger partial charge in [-0.3, -0.25) is 9.59 Å². The van der Waals surface area contributed by atoms with Crippen LogP contribution in [0.2, 0.25) is 0 Å². The zero-order valence-electron chi connectivity index (χ0n) is 14.7. The number of hydrogen-bond acceptors (Lipinski definition) is 4. The number of hydrogen-bond donors (Lipinski definition) is 2. The van der Waals surface area contributed by atoms with Crippen LogP contribution in [-0.4, -0.2) is 39.6 Å². The van der Waals surface area contributed by atoms with Crippen molar-refractivity contribution >= 4 is 21.7 Å². The molecule has 2 N–H and O–H groups in total. The molecule has 2 aromatic rings. The molecule has 10 heteroatoms. The third kappa shape index (κ3) is 5.81. The van der Waals surface area contributed by atoms with Crippen LogP contribution in [-0.2, 0) is 16.0 Å². The summed E-state index contributed by atoms with van der Waals surface area (Å²) in [6, 6.07) is 9.25. The van der Waals surface area contributed by atoms with Gasteiger partial charge in [0.25, 0.3) is 11.8 Å². The minimum Gasteiger partial charge on any atom is -0.350 e. The first kappa shape index (κ1) is 21.4. The van der Waals surface area contributed by atoms with Crippen molar-refractivity contribution in [2.45, 2.75) is 11.1 Å². The highest BCUT2D eigenvalue weighted by atomic mass is 32.2. The quantitative estimate of drug-likeness (QED) is 0.710. The number of carbonyl (C=O) groups excluding carboxylic acids is 2. The van der Waals surface area contributed by atoms with Gasteiger partial charge in [-0.05, 0) is 42.5 Å². The van der Waals surface area contributed by atoms with Gasteiger partial charge in [-0.2, -0.15) is 13.2 Å². The molecule has 0 spiro atoms. The van der Waals surface area contributed by atoms with Gasteiger partial charge in [0.15, 0.2) is 9.84 Å². The smallest absolute Gasteiger partial charge is 0.350 e. The van der Waals surface area contributed by atoms with Gasteiger partial charge in [-0.25, -0.2) is 8.42 Å². The third-order valence-corrected chi connectivity index (χ3v) is 4.81. The molecule has 0 aliphatic rings. The molecule has 0 aliphatic heterocycles. The van der Waals surface area contributed by atoms with Crippen molar-refractivity contribution in [2.24, 2.45) is 0 Å². The van der Waals surface area contributed by atoms with E-state index < -0.39 is 33.4 Å². The summed E-state index contributed by atoms with van der Waals surface area (Å²) in [5.41, 5.74) is -0.648. The highest BCUT2D eigenvalue weighted by Gasteiger charge is 2.30. The number of halogens is 3. The zero-order valence-corrected chi connectivity index (χ0v) is 15.5. The maximum atomic E-state index is 12.5. The molecule has 0 saturated carbocycles. The van der Waals surface area contributed by atoms with Gasteiger partial charge >= 0.3 is 6.18 Å². The predicted molar refractivity (Wildman–Crippen MR) is 95.7 cm³/mol. The average molecular weight is 414 g/mol. The van der Waals surface area contributed by atoms with Crippen LogP contribution in [0, 0.1) is 0 Å². The van der Waals surface area contributed by atoms with Crippen LogP contribution in [0.5, 0.6) is 0 Å². The average Bonchev–Trinajstić information content (AvgIpc) is 2.63. The second-order valence-electron chi connectivity index (χ2n) is 5.89. The van der Waals surface area contributed by atoms with Crippen molar-refractivity contribution in [3.8, 4) is 0 Å². The molecule has 2 aromatic carbocycles. The number of rotatable bonds is 6. The molecular formula is C18H17F3N2O4S. The Morgan fingerprint density at radius 1 is 0.893 bits per heavy atom. The van der Waals surface area contributed by atoms with Gasteiger partial charge in [-0.15, -0.1) is 0 Å². The molecule has 150 valence electrons. The number of sulfone groups is 1. The Kier molecular flexibility index (Phi) is 6.45. The van der Waals surface area contributed by atoms with E-state index in [0.717, 1.165) is 30.5 Å². The van der Waals surface area contributed by atoms with E-state index in [9.17, 15) is 31.2 Å². The molecule has 0 saturated heterocycles. The Labute approximate surface area is 159 Å². The highest BCUT2D eigenvalue weighted by Crippen LogP contribution is 2.29. The fourth-order valence-corrected chi connectivity index (χ4v) is 2.90. The van der Waals surface area contributed by atoms with Crippen LogP contribution >= 0.6 is 0 Å². The van der Waals surface area contributed by atoms with Gasteiger partial charge in [0.05, 0.1) is 10.5 Å². The third-order valence-electron chi connectivity index (χ3n) is 3.69. The Bertz CT molecular complexity index is 971. The maximum absolute atomic E-state index is 12.5. The summed E-state index contributed by atoms with van der Waals surface area (Å²) in [6.45, 7) is 0.0890. The predicted octanol–water partition coefficient (Wildman–Crippen LogP) is 2.27. The lowest BCUT2D eigenvalue weighted by molar-refractivity contribution is -0.137. The van der Waals surface area contributed by atoms with Gasteiger partial charge in [-0.1, -0.05) is 6.07 Å². The Hall–Kier alpha value is -2.88. The Balaban J connectivity index is 1.85. The van der Waals surface area contributed by atoms with Crippen LogP contribution in [0.3, 0.4) is 0 Å². The monoisotopic (exact) mass is 414 g/mol. The lowest BCUT2D eigenvalue weighted by atomic mass is 10.1. The van der Waals surface area contributed by atoms with Gasteiger partial charge in [0.2, 0.25) is 0 Å². The summed E-state index contributed by atoms with van der Waals surface area (Å²) in [7, 11) is -3.45. The van der Waals surface area contributed by atoms with Crippen LogP contribution in [0.25, 0.3) is 0 Å². The molecule has 0 heterocycles. The molecular weight excluding hydrogens is 397 g/mol. The van der Waals surface area contributed by atoms with E-state index in [1.54, 1.807) is 0 Å². The van der Waals surface area contributed by atoms with E-state index in [2.05, 4.69) is 10.6 Å². The first-order valence-electron chi connectivity index (χ1n) is 8.02. The first-order chi connectivity index (χ1) is 13.0. The summed E-state index contributed by atoms with van der Waals surface area (Å²) >= 11 is 0. The van der Waals surface area contributed by atoms with E-state index in [-0.39, 0.29) is 29.1 Å². The molecule has 6 nitrogen and oxygen atoms in total. The number of nitrogens with one attached hydrogen (secondary N) is 2. The fraction of sp³-hybridized carbons (Fsp3) is 0.222. The molecule has 0 atom stereocenters. The molecule has 0 aromatic heterocycles. The summed E-state index contributed by atoms with van der Waals surface area (Å²) < 4.78 is 60.5. The van der Waals surface area contributed by atoms with E-state index >= 15 is 0 Å². The lowest BCUT2D eigenvalue weighted by Crippen LogP contribution is -2.34. The zero-order chi connectivity index (χ0) is 20.9.